The van der Waals surface area contributed by atoms with Crippen molar-refractivity contribution in [2.24, 2.45) is 0 Å². The van der Waals surface area contributed by atoms with Crippen molar-refractivity contribution < 1.29 is 18.1 Å². The Morgan fingerprint density at radius 1 is 1.25 bits per heavy atom. The van der Waals surface area contributed by atoms with Crippen LogP contribution in [0.25, 0.3) is 11.3 Å². The van der Waals surface area contributed by atoms with Crippen molar-refractivity contribution in [3.63, 3.8) is 0 Å². The van der Waals surface area contributed by atoms with Crippen LogP contribution >= 0.6 is 11.6 Å². The van der Waals surface area contributed by atoms with E-state index in [2.05, 4.69) is 14.7 Å². The first-order valence-electron chi connectivity index (χ1n) is 8.19. The van der Waals surface area contributed by atoms with E-state index in [-0.39, 0.29) is 21.9 Å². The monoisotopic (exact) mass is 419 g/mol. The molecule has 0 aliphatic rings. The third kappa shape index (κ3) is 4.52. The zero-order valence-electron chi connectivity index (χ0n) is 14.7. The smallest absolute Gasteiger partial charge is 0.231 e. The van der Waals surface area contributed by atoms with Crippen LogP contribution in [-0.4, -0.2) is 27.1 Å². The average molecular weight is 420 g/mol. The maximum absolute atomic E-state index is 14.2. The summed E-state index contributed by atoms with van der Waals surface area (Å²) in [5, 5.41) is 0.321. The number of hydrogen-bond acceptors (Lipinski definition) is 5. The molecule has 2 heterocycles. The van der Waals surface area contributed by atoms with Gasteiger partial charge in [0.1, 0.15) is 17.0 Å². The number of anilines is 1. The van der Waals surface area contributed by atoms with Crippen LogP contribution in [0.4, 0.5) is 10.1 Å². The van der Waals surface area contributed by atoms with Gasteiger partial charge in [-0.2, -0.15) is 0 Å². The molecule has 0 aliphatic heterocycles. The van der Waals surface area contributed by atoms with E-state index in [9.17, 15) is 13.4 Å². The zero-order valence-corrected chi connectivity index (χ0v) is 16.3. The standard InChI is InChI=1S/C19H15ClFN3O3S/c1-2-27-19-18(8-13(20)10-23-19)28(26)24-14-5-6-22-17(9-14)15-4-3-12(11-25)7-16(15)21/h3-11H,2H2,1H3,(H,22,24). The number of carbonyl (C=O) groups excluding carboxylic acids is 1. The van der Waals surface area contributed by atoms with E-state index >= 15 is 0 Å². The van der Waals surface area contributed by atoms with Crippen LogP contribution < -0.4 is 9.46 Å². The first-order valence-corrected chi connectivity index (χ1v) is 9.72. The fourth-order valence-corrected chi connectivity index (χ4v) is 3.58. The van der Waals surface area contributed by atoms with Crippen LogP contribution in [0.3, 0.4) is 0 Å². The Morgan fingerprint density at radius 3 is 2.79 bits per heavy atom. The maximum Gasteiger partial charge on any atom is 0.231 e. The van der Waals surface area contributed by atoms with Gasteiger partial charge >= 0.3 is 0 Å². The van der Waals surface area contributed by atoms with Gasteiger partial charge in [0.2, 0.25) is 5.88 Å². The fraction of sp³-hybridized carbons (Fsp3) is 0.105. The molecular formula is C19H15ClFN3O3S. The molecule has 1 aromatic carbocycles. The summed E-state index contributed by atoms with van der Waals surface area (Å²) in [6, 6.07) is 8.75. The van der Waals surface area contributed by atoms with Gasteiger partial charge < -0.3 is 9.46 Å². The van der Waals surface area contributed by atoms with E-state index in [4.69, 9.17) is 16.3 Å². The van der Waals surface area contributed by atoms with Crippen LogP contribution in [0.1, 0.15) is 17.3 Å². The molecule has 0 radical (unpaired) electrons. The van der Waals surface area contributed by atoms with Crippen LogP contribution in [0.2, 0.25) is 5.02 Å². The number of pyridine rings is 2. The van der Waals surface area contributed by atoms with Crippen molar-refractivity contribution in [2.75, 3.05) is 11.3 Å². The lowest BCUT2D eigenvalue weighted by molar-refractivity contribution is 0.112. The van der Waals surface area contributed by atoms with Crippen molar-refractivity contribution in [1.29, 1.82) is 0 Å². The number of aldehydes is 1. The molecule has 2 aromatic heterocycles. The lowest BCUT2D eigenvalue weighted by Crippen LogP contribution is -2.08. The summed E-state index contributed by atoms with van der Waals surface area (Å²) in [5.74, 6) is -0.365. The molecule has 1 unspecified atom stereocenters. The molecule has 1 N–H and O–H groups in total. The first-order chi connectivity index (χ1) is 13.5. The van der Waals surface area contributed by atoms with Gasteiger partial charge in [0.25, 0.3) is 0 Å². The minimum atomic E-state index is -1.72. The summed E-state index contributed by atoms with van der Waals surface area (Å²) >= 11 is 5.95. The Bertz CT molecular complexity index is 1050. The number of nitrogens with one attached hydrogen (secondary N) is 1. The second-order valence-corrected chi connectivity index (χ2v) is 7.17. The van der Waals surface area contributed by atoms with E-state index in [1.165, 1.54) is 30.6 Å². The molecule has 0 saturated carbocycles. The third-order valence-electron chi connectivity index (χ3n) is 3.64. The highest BCUT2D eigenvalue weighted by Gasteiger charge is 2.15. The fourth-order valence-electron chi connectivity index (χ4n) is 2.40. The number of aromatic nitrogens is 2. The highest BCUT2D eigenvalue weighted by molar-refractivity contribution is 7.86. The van der Waals surface area contributed by atoms with Crippen LogP contribution in [-0.2, 0) is 11.0 Å². The van der Waals surface area contributed by atoms with Crippen LogP contribution in [0.5, 0.6) is 5.88 Å². The minimum absolute atomic E-state index is 0.211. The van der Waals surface area contributed by atoms with E-state index < -0.39 is 16.8 Å². The Kier molecular flexibility index (Phi) is 6.33. The van der Waals surface area contributed by atoms with Crippen molar-refractivity contribution in [3.8, 4) is 17.1 Å². The molecule has 0 aliphatic carbocycles. The van der Waals surface area contributed by atoms with Crippen molar-refractivity contribution in [2.45, 2.75) is 11.8 Å². The quantitative estimate of drug-likeness (QED) is 0.578. The lowest BCUT2D eigenvalue weighted by atomic mass is 10.1. The summed E-state index contributed by atoms with van der Waals surface area (Å²) in [7, 11) is -1.72. The second-order valence-electron chi connectivity index (χ2n) is 5.55. The summed E-state index contributed by atoms with van der Waals surface area (Å²) in [6.45, 7) is 2.14. The molecule has 3 aromatic rings. The molecule has 0 fully saturated rings. The van der Waals surface area contributed by atoms with Crippen molar-refractivity contribution >= 4 is 34.6 Å². The molecule has 6 nitrogen and oxygen atoms in total. The Hall–Kier alpha value is -2.84. The maximum atomic E-state index is 14.2. The first kappa shape index (κ1) is 19.9. The summed E-state index contributed by atoms with van der Waals surface area (Å²) in [6.07, 6.45) is 3.43. The summed E-state index contributed by atoms with van der Waals surface area (Å²) in [5.41, 5.74) is 1.23. The molecule has 9 heteroatoms. The molecule has 144 valence electrons. The molecule has 1 atom stereocenters. The molecule has 0 bridgehead atoms. The largest absolute Gasteiger partial charge is 0.477 e. The predicted octanol–water partition coefficient (Wildman–Crippen LogP) is 4.28. The lowest BCUT2D eigenvalue weighted by Gasteiger charge is -2.11. The molecule has 0 saturated heterocycles. The second kappa shape index (κ2) is 8.90. The predicted molar refractivity (Wildman–Crippen MR) is 105 cm³/mol. The Morgan fingerprint density at radius 2 is 2.07 bits per heavy atom. The Labute approximate surface area is 168 Å². The highest BCUT2D eigenvalue weighted by Crippen LogP contribution is 2.27. The van der Waals surface area contributed by atoms with E-state index in [0.717, 1.165) is 6.07 Å². The molecule has 0 spiro atoms. The number of rotatable bonds is 7. The highest BCUT2D eigenvalue weighted by atomic mass is 35.5. The molecule has 3 rings (SSSR count). The van der Waals surface area contributed by atoms with Gasteiger partial charge in [-0.25, -0.2) is 13.6 Å². The van der Waals surface area contributed by atoms with Gasteiger partial charge in [-0.05, 0) is 37.3 Å². The van der Waals surface area contributed by atoms with Gasteiger partial charge in [-0.3, -0.25) is 9.78 Å². The number of carbonyl (C=O) groups is 1. The van der Waals surface area contributed by atoms with Crippen molar-refractivity contribution in [3.05, 3.63) is 65.2 Å². The number of nitrogens with zero attached hydrogens (tertiary/aromatic N) is 2. The number of halogens is 2. The van der Waals surface area contributed by atoms with Crippen LogP contribution in [0, 0.1) is 5.82 Å². The number of hydrogen-bond donors (Lipinski definition) is 1. The summed E-state index contributed by atoms with van der Waals surface area (Å²) < 4.78 is 35.2. The van der Waals surface area contributed by atoms with E-state index in [1.54, 1.807) is 19.1 Å². The topological polar surface area (TPSA) is 81.2 Å². The number of ether oxygens (including phenoxy) is 1. The van der Waals surface area contributed by atoms with Gasteiger partial charge in [-0.15, -0.1) is 0 Å². The van der Waals surface area contributed by atoms with Gasteiger partial charge in [0, 0.05) is 23.5 Å². The van der Waals surface area contributed by atoms with Crippen LogP contribution in [0.15, 0.2) is 53.7 Å². The van der Waals surface area contributed by atoms with E-state index in [1.807, 2.05) is 0 Å². The molecular weight excluding hydrogens is 405 g/mol. The number of benzene rings is 1. The third-order valence-corrected chi connectivity index (χ3v) is 4.96. The average Bonchev–Trinajstić information content (AvgIpc) is 2.69. The normalized spacial score (nSPS) is 11.7. The van der Waals surface area contributed by atoms with Gasteiger partial charge in [-0.1, -0.05) is 17.7 Å². The zero-order chi connectivity index (χ0) is 20.1. The SMILES string of the molecule is CCOc1ncc(Cl)cc1S(=O)Nc1ccnc(-c2ccc(C=O)cc2F)c1. The Balaban J connectivity index is 1.89. The minimum Gasteiger partial charge on any atom is -0.477 e. The molecule has 28 heavy (non-hydrogen) atoms. The molecule has 0 amide bonds. The summed E-state index contributed by atoms with van der Waals surface area (Å²) in [4.78, 5) is 19.2. The van der Waals surface area contributed by atoms with Crippen molar-refractivity contribution in [1.82, 2.24) is 9.97 Å². The van der Waals surface area contributed by atoms with Gasteiger partial charge in [0.15, 0.2) is 11.0 Å². The van der Waals surface area contributed by atoms with Gasteiger partial charge in [0.05, 0.1) is 23.0 Å². The van der Waals surface area contributed by atoms with E-state index in [0.29, 0.717) is 29.3 Å².